The number of anilines is 1. The van der Waals surface area contributed by atoms with Crippen LogP contribution < -0.4 is 4.90 Å². The predicted molar refractivity (Wildman–Crippen MR) is 88.6 cm³/mol. The summed E-state index contributed by atoms with van der Waals surface area (Å²) in [6, 6.07) is 14.2. The van der Waals surface area contributed by atoms with Crippen LogP contribution in [0, 0.1) is 11.3 Å². The number of morpholine rings is 1. The van der Waals surface area contributed by atoms with E-state index in [1.807, 2.05) is 6.07 Å². The number of fused-ring (bicyclic) bond motifs is 2. The van der Waals surface area contributed by atoms with Crippen LogP contribution in [0.2, 0.25) is 5.02 Å². The van der Waals surface area contributed by atoms with Gasteiger partial charge in [-0.3, -0.25) is 0 Å². The highest BCUT2D eigenvalue weighted by molar-refractivity contribution is 6.31. The van der Waals surface area contributed by atoms with E-state index in [9.17, 15) is 0 Å². The van der Waals surface area contributed by atoms with Crippen molar-refractivity contribution >= 4 is 17.4 Å². The first-order chi connectivity index (χ1) is 11.2. The highest BCUT2D eigenvalue weighted by Gasteiger charge is 2.43. The molecule has 1 spiro atoms. The van der Waals surface area contributed by atoms with Crippen LogP contribution in [0.1, 0.15) is 23.2 Å². The number of halogens is 1. The van der Waals surface area contributed by atoms with Gasteiger partial charge in [-0.1, -0.05) is 35.9 Å². The minimum Gasteiger partial charge on any atom is -0.367 e. The van der Waals surface area contributed by atoms with Gasteiger partial charge in [-0.2, -0.15) is 5.26 Å². The van der Waals surface area contributed by atoms with Crippen molar-refractivity contribution in [3.8, 4) is 6.07 Å². The van der Waals surface area contributed by atoms with Crippen LogP contribution in [0.4, 0.5) is 5.82 Å². The number of pyridine rings is 1. The molecule has 1 atom stereocenters. The number of hydrogen-bond acceptors (Lipinski definition) is 4. The molecule has 4 nitrogen and oxygen atoms in total. The van der Waals surface area contributed by atoms with E-state index in [2.05, 4.69) is 40.2 Å². The van der Waals surface area contributed by atoms with Gasteiger partial charge in [0.05, 0.1) is 18.2 Å². The van der Waals surface area contributed by atoms with Crippen molar-refractivity contribution in [3.05, 3.63) is 58.2 Å². The molecule has 0 bridgehead atoms. The number of nitrogens with zero attached hydrogens (tertiary/aromatic N) is 3. The van der Waals surface area contributed by atoms with Gasteiger partial charge in [0.2, 0.25) is 0 Å². The second-order valence-corrected chi connectivity index (χ2v) is 6.44. The molecule has 1 unspecified atom stereocenters. The van der Waals surface area contributed by atoms with Crippen LogP contribution in [0.3, 0.4) is 0 Å². The first-order valence-corrected chi connectivity index (χ1v) is 8.14. The van der Waals surface area contributed by atoms with Gasteiger partial charge in [-0.25, -0.2) is 4.98 Å². The fraction of sp³-hybridized carbons (Fsp3) is 0.333. The predicted octanol–water partition coefficient (Wildman–Crippen LogP) is 3.28. The summed E-state index contributed by atoms with van der Waals surface area (Å²) in [6.45, 7) is 2.17. The number of benzene rings is 1. The van der Waals surface area contributed by atoms with E-state index in [0.717, 1.165) is 31.7 Å². The molecule has 23 heavy (non-hydrogen) atoms. The average Bonchev–Trinajstić information content (AvgIpc) is 2.94. The van der Waals surface area contributed by atoms with E-state index in [1.54, 1.807) is 6.07 Å². The summed E-state index contributed by atoms with van der Waals surface area (Å²) >= 11 is 5.99. The Balaban J connectivity index is 1.68. The van der Waals surface area contributed by atoms with Crippen LogP contribution in [0.5, 0.6) is 0 Å². The summed E-state index contributed by atoms with van der Waals surface area (Å²) in [5.41, 5.74) is 2.68. The molecular formula is C18H16ClN3O. The zero-order valence-corrected chi connectivity index (χ0v) is 13.4. The Morgan fingerprint density at radius 3 is 3.00 bits per heavy atom. The minimum atomic E-state index is -0.261. The monoisotopic (exact) mass is 325 g/mol. The largest absolute Gasteiger partial charge is 0.367 e. The van der Waals surface area contributed by atoms with Gasteiger partial charge < -0.3 is 9.64 Å². The molecule has 2 aromatic rings. The van der Waals surface area contributed by atoms with Crippen LogP contribution in [-0.4, -0.2) is 24.7 Å². The molecule has 0 amide bonds. The standard InChI is InChI=1S/C18H16ClN3O/c19-15-5-6-17(21-16(15)11-20)22-9-10-23-18(12-22)8-7-13-3-1-2-4-14(13)18/h1-6H,7-10,12H2. The Labute approximate surface area is 140 Å². The van der Waals surface area contributed by atoms with Crippen LogP contribution in [0.25, 0.3) is 0 Å². The summed E-state index contributed by atoms with van der Waals surface area (Å²) in [6.07, 6.45) is 2.03. The van der Waals surface area contributed by atoms with Gasteiger partial charge >= 0.3 is 0 Å². The molecule has 116 valence electrons. The highest BCUT2D eigenvalue weighted by Crippen LogP contribution is 2.42. The number of aromatic nitrogens is 1. The van der Waals surface area contributed by atoms with Gasteiger partial charge in [0.15, 0.2) is 5.69 Å². The van der Waals surface area contributed by atoms with Crippen molar-refractivity contribution in [1.82, 2.24) is 4.98 Å². The first-order valence-electron chi connectivity index (χ1n) is 7.76. The van der Waals surface area contributed by atoms with E-state index < -0.39 is 0 Å². The topological polar surface area (TPSA) is 49.2 Å². The zero-order chi connectivity index (χ0) is 15.9. The molecule has 0 N–H and O–H groups in total. The lowest BCUT2D eigenvalue weighted by atomic mass is 9.93. The molecule has 1 aliphatic heterocycles. The molecule has 2 heterocycles. The number of aryl methyl sites for hydroxylation is 1. The molecule has 5 heteroatoms. The maximum absolute atomic E-state index is 9.14. The molecule has 4 rings (SSSR count). The van der Waals surface area contributed by atoms with Crippen molar-refractivity contribution in [2.45, 2.75) is 18.4 Å². The van der Waals surface area contributed by atoms with E-state index in [1.165, 1.54) is 11.1 Å². The van der Waals surface area contributed by atoms with Crippen LogP contribution in [0.15, 0.2) is 36.4 Å². The highest BCUT2D eigenvalue weighted by atomic mass is 35.5. The maximum atomic E-state index is 9.14. The number of rotatable bonds is 1. The lowest BCUT2D eigenvalue weighted by molar-refractivity contribution is -0.0594. The van der Waals surface area contributed by atoms with Gasteiger partial charge in [0.25, 0.3) is 0 Å². The molecule has 1 saturated heterocycles. The van der Waals surface area contributed by atoms with E-state index in [-0.39, 0.29) is 11.3 Å². The van der Waals surface area contributed by atoms with E-state index >= 15 is 0 Å². The van der Waals surface area contributed by atoms with Crippen molar-refractivity contribution in [2.75, 3.05) is 24.6 Å². The fourth-order valence-electron chi connectivity index (χ4n) is 3.63. The third kappa shape index (κ3) is 2.37. The van der Waals surface area contributed by atoms with E-state index in [4.69, 9.17) is 21.6 Å². The molecule has 0 saturated carbocycles. The van der Waals surface area contributed by atoms with Gasteiger partial charge in [0, 0.05) is 6.54 Å². The molecule has 1 fully saturated rings. The van der Waals surface area contributed by atoms with Crippen LogP contribution in [-0.2, 0) is 16.8 Å². The van der Waals surface area contributed by atoms with Crippen molar-refractivity contribution in [3.63, 3.8) is 0 Å². The molecule has 1 aromatic carbocycles. The molecular weight excluding hydrogens is 310 g/mol. The number of nitriles is 1. The molecule has 1 aliphatic carbocycles. The van der Waals surface area contributed by atoms with Gasteiger partial charge in [0.1, 0.15) is 17.5 Å². The summed E-state index contributed by atoms with van der Waals surface area (Å²) in [4.78, 5) is 6.60. The van der Waals surface area contributed by atoms with Crippen LogP contribution >= 0.6 is 11.6 Å². The Morgan fingerprint density at radius 2 is 2.13 bits per heavy atom. The third-order valence-corrected chi connectivity index (χ3v) is 5.06. The molecule has 1 aromatic heterocycles. The van der Waals surface area contributed by atoms with Gasteiger partial charge in [-0.05, 0) is 36.1 Å². The number of ether oxygens (including phenoxy) is 1. The summed E-state index contributed by atoms with van der Waals surface area (Å²) in [5.74, 6) is 0.790. The second kappa shape index (κ2) is 5.52. The normalized spacial score (nSPS) is 22.9. The Kier molecular flexibility index (Phi) is 3.48. The average molecular weight is 326 g/mol. The Bertz CT molecular complexity index is 797. The maximum Gasteiger partial charge on any atom is 0.161 e. The van der Waals surface area contributed by atoms with Crippen molar-refractivity contribution in [2.24, 2.45) is 0 Å². The Hall–Kier alpha value is -2.09. The smallest absolute Gasteiger partial charge is 0.161 e. The van der Waals surface area contributed by atoms with Crippen molar-refractivity contribution < 1.29 is 4.74 Å². The number of hydrogen-bond donors (Lipinski definition) is 0. The minimum absolute atomic E-state index is 0.261. The lowest BCUT2D eigenvalue weighted by Crippen LogP contribution is -2.49. The Morgan fingerprint density at radius 1 is 1.26 bits per heavy atom. The summed E-state index contributed by atoms with van der Waals surface area (Å²) in [7, 11) is 0. The summed E-state index contributed by atoms with van der Waals surface area (Å²) < 4.78 is 6.22. The SMILES string of the molecule is N#Cc1nc(N2CCOC3(CCc4ccccc43)C2)ccc1Cl. The first kappa shape index (κ1) is 14.5. The molecule has 0 radical (unpaired) electrons. The van der Waals surface area contributed by atoms with Crippen molar-refractivity contribution in [1.29, 1.82) is 5.26 Å². The summed E-state index contributed by atoms with van der Waals surface area (Å²) in [5, 5.41) is 9.53. The third-order valence-electron chi connectivity index (χ3n) is 4.75. The quantitative estimate of drug-likeness (QED) is 0.807. The zero-order valence-electron chi connectivity index (χ0n) is 12.6. The van der Waals surface area contributed by atoms with E-state index in [0.29, 0.717) is 11.6 Å². The lowest BCUT2D eigenvalue weighted by Gasteiger charge is -2.41. The van der Waals surface area contributed by atoms with Gasteiger partial charge in [-0.15, -0.1) is 0 Å². The second-order valence-electron chi connectivity index (χ2n) is 6.03. The fourth-order valence-corrected chi connectivity index (χ4v) is 3.78. The molecule has 2 aliphatic rings.